The zero-order chi connectivity index (χ0) is 23.9. The summed E-state index contributed by atoms with van der Waals surface area (Å²) in [5.41, 5.74) is 1.30. The van der Waals surface area contributed by atoms with E-state index in [9.17, 15) is 13.2 Å². The van der Waals surface area contributed by atoms with E-state index in [-0.39, 0.29) is 16.4 Å². The lowest BCUT2D eigenvalue weighted by Crippen LogP contribution is -2.58. The summed E-state index contributed by atoms with van der Waals surface area (Å²) in [5, 5.41) is 0. The molecule has 5 rings (SSSR count). The van der Waals surface area contributed by atoms with Crippen LogP contribution in [0.1, 0.15) is 42.0 Å². The van der Waals surface area contributed by atoms with Gasteiger partial charge in [0.05, 0.1) is 17.1 Å². The molecule has 8 heteroatoms. The summed E-state index contributed by atoms with van der Waals surface area (Å²) in [6.07, 6.45) is 4.13. The Bertz CT molecular complexity index is 1140. The Morgan fingerprint density at radius 3 is 2.71 bits per heavy atom. The van der Waals surface area contributed by atoms with Crippen LogP contribution in [0.25, 0.3) is 0 Å². The number of carbonyl (C=O) groups excluding carboxylic acids is 1. The lowest BCUT2D eigenvalue weighted by molar-refractivity contribution is -0.137. The number of likely N-dealkylation sites (tertiary alicyclic amines) is 2. The highest BCUT2D eigenvalue weighted by Gasteiger charge is 2.45. The first-order chi connectivity index (χ1) is 16.3. The number of amides is 1. The molecular formula is C26H34N2O4S2. The molecule has 1 aromatic heterocycles. The number of hydrogen-bond acceptors (Lipinski definition) is 6. The fraction of sp³-hybridized carbons (Fsp3) is 0.577. The normalized spacial score (nSPS) is 25.8. The first-order valence-corrected chi connectivity index (χ1v) is 14.8. The van der Waals surface area contributed by atoms with Gasteiger partial charge in [0.15, 0.2) is 9.84 Å². The number of piperidine rings is 1. The Morgan fingerprint density at radius 1 is 1.24 bits per heavy atom. The smallest absolute Gasteiger partial charge is 0.238 e. The molecule has 0 N–H and O–H groups in total. The Kier molecular flexibility index (Phi) is 6.61. The molecule has 1 spiro atoms. The van der Waals surface area contributed by atoms with Gasteiger partial charge in [-0.05, 0) is 49.9 Å². The summed E-state index contributed by atoms with van der Waals surface area (Å²) in [7, 11) is -3.59. The van der Waals surface area contributed by atoms with Gasteiger partial charge in [-0.3, -0.25) is 4.79 Å². The zero-order valence-corrected chi connectivity index (χ0v) is 21.7. The minimum Gasteiger partial charge on any atom is -0.370 e. The van der Waals surface area contributed by atoms with E-state index in [1.165, 1.54) is 15.3 Å². The molecule has 0 radical (unpaired) electrons. The number of rotatable bonds is 6. The van der Waals surface area contributed by atoms with Gasteiger partial charge in [0.25, 0.3) is 0 Å². The van der Waals surface area contributed by atoms with Crippen LogP contribution in [0.5, 0.6) is 0 Å². The van der Waals surface area contributed by atoms with Crippen molar-refractivity contribution in [3.05, 3.63) is 51.7 Å². The standard InChI is InChI=1S/C26H34N2O4S2/c1-3-21-13-23-24(33-21)9-12-32-26(23)10-11-27(19(2)14-26)15-20-16-28(17-20)25(29)18-34(30,31)22-7-5-4-6-8-22/h4-8,13,19-20H,3,9-12,14-18H2,1-2H3/t19-,26+/m0/s1. The van der Waals surface area contributed by atoms with E-state index in [2.05, 4.69) is 24.8 Å². The highest BCUT2D eigenvalue weighted by atomic mass is 32.2. The molecule has 0 aliphatic carbocycles. The van der Waals surface area contributed by atoms with Gasteiger partial charge in [-0.1, -0.05) is 25.1 Å². The number of ether oxygens (including phenoxy) is 1. The third-order valence-corrected chi connectivity index (χ3v) is 10.6. The van der Waals surface area contributed by atoms with Crippen LogP contribution in [0.3, 0.4) is 0 Å². The van der Waals surface area contributed by atoms with E-state index < -0.39 is 15.6 Å². The lowest BCUT2D eigenvalue weighted by atomic mass is 9.79. The summed E-state index contributed by atoms with van der Waals surface area (Å²) in [6.45, 7) is 8.55. The zero-order valence-electron chi connectivity index (χ0n) is 20.0. The van der Waals surface area contributed by atoms with Gasteiger partial charge >= 0.3 is 0 Å². The van der Waals surface area contributed by atoms with Crippen LogP contribution < -0.4 is 0 Å². The first kappa shape index (κ1) is 24.0. The Morgan fingerprint density at radius 2 is 2.00 bits per heavy atom. The van der Waals surface area contributed by atoms with Crippen molar-refractivity contribution in [2.75, 3.05) is 38.5 Å². The molecule has 4 heterocycles. The predicted octanol–water partition coefficient (Wildman–Crippen LogP) is 3.50. The molecule has 0 saturated carbocycles. The molecule has 0 unspecified atom stereocenters. The van der Waals surface area contributed by atoms with Crippen molar-refractivity contribution in [2.24, 2.45) is 5.92 Å². The van der Waals surface area contributed by atoms with Crippen LogP contribution in [0, 0.1) is 5.92 Å². The Balaban J connectivity index is 1.14. The quantitative estimate of drug-likeness (QED) is 0.605. The molecule has 34 heavy (non-hydrogen) atoms. The minimum absolute atomic E-state index is 0.138. The van der Waals surface area contributed by atoms with E-state index in [0.29, 0.717) is 25.0 Å². The van der Waals surface area contributed by atoms with Crippen molar-refractivity contribution in [1.82, 2.24) is 9.80 Å². The van der Waals surface area contributed by atoms with Crippen molar-refractivity contribution < 1.29 is 17.9 Å². The molecule has 2 atom stereocenters. The molecule has 2 fully saturated rings. The van der Waals surface area contributed by atoms with Gasteiger partial charge in [0.1, 0.15) is 5.75 Å². The van der Waals surface area contributed by atoms with E-state index in [1.807, 2.05) is 11.3 Å². The highest BCUT2D eigenvalue weighted by Crippen LogP contribution is 2.46. The number of benzene rings is 1. The molecular weight excluding hydrogens is 468 g/mol. The maximum atomic E-state index is 12.6. The molecule has 3 aliphatic heterocycles. The molecule has 1 amide bonds. The number of nitrogens with zero attached hydrogens (tertiary/aromatic N) is 2. The van der Waals surface area contributed by atoms with E-state index in [0.717, 1.165) is 45.4 Å². The molecule has 184 valence electrons. The predicted molar refractivity (Wildman–Crippen MR) is 134 cm³/mol. The molecule has 2 aromatic rings. The van der Waals surface area contributed by atoms with Crippen LogP contribution in [0.4, 0.5) is 0 Å². The fourth-order valence-electron chi connectivity index (χ4n) is 5.73. The van der Waals surface area contributed by atoms with E-state index >= 15 is 0 Å². The Hall–Kier alpha value is -1.74. The number of hydrogen-bond donors (Lipinski definition) is 0. The highest BCUT2D eigenvalue weighted by molar-refractivity contribution is 7.92. The summed E-state index contributed by atoms with van der Waals surface area (Å²) in [4.78, 5) is 20.0. The van der Waals surface area contributed by atoms with Crippen molar-refractivity contribution in [3.8, 4) is 0 Å². The SMILES string of the molecule is CCc1cc2c(s1)CCO[C@@]21CCN(CC2CN(C(=O)CS(=O)(=O)c3ccccc3)C2)[C@@H](C)C1. The number of fused-ring (bicyclic) bond motifs is 2. The van der Waals surface area contributed by atoms with Crippen molar-refractivity contribution in [1.29, 1.82) is 0 Å². The Labute approximate surface area is 206 Å². The van der Waals surface area contributed by atoms with Gasteiger partial charge in [-0.2, -0.15) is 0 Å². The minimum atomic E-state index is -3.59. The number of aryl methyl sites for hydroxylation is 1. The summed E-state index contributed by atoms with van der Waals surface area (Å²) in [6, 6.07) is 11.0. The molecule has 2 saturated heterocycles. The lowest BCUT2D eigenvalue weighted by Gasteiger charge is -2.49. The van der Waals surface area contributed by atoms with E-state index in [1.54, 1.807) is 35.2 Å². The largest absolute Gasteiger partial charge is 0.370 e. The van der Waals surface area contributed by atoms with Crippen LogP contribution in [-0.2, 0) is 37.8 Å². The molecule has 6 nitrogen and oxygen atoms in total. The van der Waals surface area contributed by atoms with Gasteiger partial charge in [0.2, 0.25) is 5.91 Å². The average molecular weight is 503 g/mol. The maximum Gasteiger partial charge on any atom is 0.238 e. The third kappa shape index (κ3) is 4.57. The maximum absolute atomic E-state index is 12.6. The second-order valence-corrected chi connectivity index (χ2v) is 13.2. The fourth-order valence-corrected chi connectivity index (χ4v) is 8.16. The monoisotopic (exact) mass is 502 g/mol. The second-order valence-electron chi connectivity index (χ2n) is 10.0. The first-order valence-electron chi connectivity index (χ1n) is 12.4. The molecule has 3 aliphatic rings. The average Bonchev–Trinajstić information content (AvgIpc) is 3.23. The topological polar surface area (TPSA) is 66.9 Å². The molecule has 0 bridgehead atoms. The van der Waals surface area contributed by atoms with Crippen LogP contribution in [-0.4, -0.2) is 68.7 Å². The number of carbonyl (C=O) groups is 1. The third-order valence-electron chi connectivity index (χ3n) is 7.68. The summed E-state index contributed by atoms with van der Waals surface area (Å²) < 4.78 is 31.5. The van der Waals surface area contributed by atoms with Crippen molar-refractivity contribution >= 4 is 27.1 Å². The second kappa shape index (κ2) is 9.37. The van der Waals surface area contributed by atoms with Crippen LogP contribution in [0.2, 0.25) is 0 Å². The summed E-state index contributed by atoms with van der Waals surface area (Å²) in [5.74, 6) is -0.347. The molecule has 1 aromatic carbocycles. The summed E-state index contributed by atoms with van der Waals surface area (Å²) >= 11 is 1.96. The van der Waals surface area contributed by atoms with Gasteiger partial charge in [-0.15, -0.1) is 11.3 Å². The van der Waals surface area contributed by atoms with Crippen molar-refractivity contribution in [3.63, 3.8) is 0 Å². The number of sulfone groups is 1. The van der Waals surface area contributed by atoms with Crippen molar-refractivity contribution in [2.45, 2.75) is 56.1 Å². The van der Waals surface area contributed by atoms with Gasteiger partial charge < -0.3 is 14.5 Å². The van der Waals surface area contributed by atoms with Gasteiger partial charge in [-0.25, -0.2) is 8.42 Å². The van der Waals surface area contributed by atoms with Crippen LogP contribution in [0.15, 0.2) is 41.3 Å². The number of thiophene rings is 1. The van der Waals surface area contributed by atoms with Crippen LogP contribution >= 0.6 is 11.3 Å². The van der Waals surface area contributed by atoms with Gasteiger partial charge in [0, 0.05) is 54.3 Å². The van der Waals surface area contributed by atoms with E-state index in [4.69, 9.17) is 4.74 Å².